The maximum Gasteiger partial charge on any atom is -0.0174 e. The molecular formula is C9H16. The molecule has 0 amide bonds. The quantitative estimate of drug-likeness (QED) is 0.471. The molecule has 0 aliphatic heterocycles. The molecule has 1 fully saturated rings. The molecule has 1 rings (SSSR count). The number of rotatable bonds is 1. The van der Waals surface area contributed by atoms with E-state index in [4.69, 9.17) is 0 Å². The van der Waals surface area contributed by atoms with Crippen molar-refractivity contribution >= 4 is 0 Å². The van der Waals surface area contributed by atoms with Crippen LogP contribution in [-0.2, 0) is 0 Å². The van der Waals surface area contributed by atoms with Gasteiger partial charge in [0.1, 0.15) is 0 Å². The van der Waals surface area contributed by atoms with Crippen molar-refractivity contribution in [2.75, 3.05) is 0 Å². The zero-order chi connectivity index (χ0) is 7.07. The molecule has 0 heteroatoms. The Hall–Kier alpha value is -0.260. The Morgan fingerprint density at radius 2 is 1.89 bits per heavy atom. The van der Waals surface area contributed by atoms with E-state index >= 15 is 0 Å². The van der Waals surface area contributed by atoms with Crippen molar-refractivity contribution in [2.45, 2.75) is 34.1 Å². The van der Waals surface area contributed by atoms with Crippen LogP contribution in [-0.4, -0.2) is 0 Å². The number of hydrogen-bond donors (Lipinski definition) is 0. The Morgan fingerprint density at radius 3 is 2.00 bits per heavy atom. The van der Waals surface area contributed by atoms with Crippen LogP contribution in [0.4, 0.5) is 0 Å². The largest absolute Gasteiger partial charge is 0.0822 e. The van der Waals surface area contributed by atoms with Gasteiger partial charge >= 0.3 is 0 Å². The molecule has 0 aromatic rings. The van der Waals surface area contributed by atoms with Crippen molar-refractivity contribution in [2.24, 2.45) is 11.3 Å². The van der Waals surface area contributed by atoms with Gasteiger partial charge in [-0.3, -0.25) is 0 Å². The predicted octanol–water partition coefficient (Wildman–Crippen LogP) is 3.00. The van der Waals surface area contributed by atoms with Gasteiger partial charge in [-0.25, -0.2) is 0 Å². The molecule has 1 atom stereocenters. The summed E-state index contributed by atoms with van der Waals surface area (Å²) in [4.78, 5) is 0. The maximum atomic E-state index is 2.39. The van der Waals surface area contributed by atoms with Crippen molar-refractivity contribution in [3.8, 4) is 0 Å². The SMILES string of the molecule is CC(C)=C[C@@H]1CC1(C)C. The van der Waals surface area contributed by atoms with Crippen molar-refractivity contribution in [3.05, 3.63) is 11.6 Å². The van der Waals surface area contributed by atoms with E-state index in [0.717, 1.165) is 5.92 Å². The van der Waals surface area contributed by atoms with Gasteiger partial charge in [0.2, 0.25) is 0 Å². The average molecular weight is 124 g/mol. The second-order valence-electron chi connectivity index (χ2n) is 4.04. The van der Waals surface area contributed by atoms with E-state index in [1.165, 1.54) is 12.0 Å². The van der Waals surface area contributed by atoms with E-state index in [1.807, 2.05) is 0 Å². The highest BCUT2D eigenvalue weighted by atomic mass is 14.5. The third-order valence-corrected chi connectivity index (χ3v) is 2.12. The van der Waals surface area contributed by atoms with Gasteiger partial charge in [0.25, 0.3) is 0 Å². The third-order valence-electron chi connectivity index (χ3n) is 2.12. The fraction of sp³-hybridized carbons (Fsp3) is 0.778. The standard InChI is InChI=1S/C9H16/c1-7(2)5-8-6-9(8,3)4/h5,8H,6H2,1-4H3/t8-/m1/s1. The van der Waals surface area contributed by atoms with Crippen molar-refractivity contribution in [3.63, 3.8) is 0 Å². The third kappa shape index (κ3) is 1.57. The first-order chi connectivity index (χ1) is 4.02. The van der Waals surface area contributed by atoms with Gasteiger partial charge in [0, 0.05) is 0 Å². The molecule has 0 aromatic heterocycles. The Balaban J connectivity index is 2.45. The summed E-state index contributed by atoms with van der Waals surface area (Å²) in [5.74, 6) is 0.877. The van der Waals surface area contributed by atoms with Crippen molar-refractivity contribution < 1.29 is 0 Å². The molecule has 0 unspecified atom stereocenters. The lowest BCUT2D eigenvalue weighted by Crippen LogP contribution is -1.86. The van der Waals surface area contributed by atoms with E-state index in [0.29, 0.717) is 5.41 Å². The predicted molar refractivity (Wildman–Crippen MR) is 41.3 cm³/mol. The number of allylic oxidation sites excluding steroid dienone is 2. The minimum absolute atomic E-state index is 0.622. The van der Waals surface area contributed by atoms with Crippen LogP contribution < -0.4 is 0 Å². The van der Waals surface area contributed by atoms with Crippen molar-refractivity contribution in [1.82, 2.24) is 0 Å². The summed E-state index contributed by atoms with van der Waals surface area (Å²) in [6, 6.07) is 0. The zero-order valence-corrected chi connectivity index (χ0v) is 6.86. The van der Waals surface area contributed by atoms with E-state index < -0.39 is 0 Å². The van der Waals surface area contributed by atoms with Gasteiger partial charge < -0.3 is 0 Å². The fourth-order valence-corrected chi connectivity index (χ4v) is 1.19. The van der Waals surface area contributed by atoms with Crippen LogP contribution in [0.2, 0.25) is 0 Å². The molecule has 0 radical (unpaired) electrons. The molecule has 0 spiro atoms. The summed E-state index contributed by atoms with van der Waals surface area (Å²) < 4.78 is 0. The highest BCUT2D eigenvalue weighted by Gasteiger charge is 2.43. The van der Waals surface area contributed by atoms with Gasteiger partial charge in [0.05, 0.1) is 0 Å². The normalized spacial score (nSPS) is 29.6. The van der Waals surface area contributed by atoms with Gasteiger partial charge in [-0.15, -0.1) is 0 Å². The first kappa shape index (κ1) is 6.85. The molecule has 0 nitrogen and oxygen atoms in total. The molecule has 1 aliphatic rings. The molecule has 0 heterocycles. The zero-order valence-electron chi connectivity index (χ0n) is 6.86. The molecule has 9 heavy (non-hydrogen) atoms. The minimum Gasteiger partial charge on any atom is -0.0822 e. The van der Waals surface area contributed by atoms with Crippen LogP contribution in [0.3, 0.4) is 0 Å². The monoisotopic (exact) mass is 124 g/mol. The molecule has 0 saturated heterocycles. The molecule has 0 bridgehead atoms. The second kappa shape index (κ2) is 1.86. The van der Waals surface area contributed by atoms with E-state index in [-0.39, 0.29) is 0 Å². The summed E-state index contributed by atoms with van der Waals surface area (Å²) in [6.07, 6.45) is 3.78. The van der Waals surface area contributed by atoms with Crippen LogP contribution in [0.1, 0.15) is 34.1 Å². The lowest BCUT2D eigenvalue weighted by atomic mass is 10.1. The Bertz CT molecular complexity index is 136. The summed E-state index contributed by atoms with van der Waals surface area (Å²) in [5.41, 5.74) is 2.09. The Morgan fingerprint density at radius 1 is 1.44 bits per heavy atom. The summed E-state index contributed by atoms with van der Waals surface area (Å²) in [6.45, 7) is 9.01. The minimum atomic E-state index is 0.622. The van der Waals surface area contributed by atoms with Gasteiger partial charge in [-0.1, -0.05) is 25.5 Å². The molecule has 52 valence electrons. The Labute approximate surface area is 58.0 Å². The first-order valence-corrected chi connectivity index (χ1v) is 3.67. The molecular weight excluding hydrogens is 108 g/mol. The van der Waals surface area contributed by atoms with Crippen LogP contribution in [0.25, 0.3) is 0 Å². The summed E-state index contributed by atoms with van der Waals surface area (Å²) in [5, 5.41) is 0. The van der Waals surface area contributed by atoms with Gasteiger partial charge in [0.15, 0.2) is 0 Å². The molecule has 1 aliphatic carbocycles. The lowest BCUT2D eigenvalue weighted by molar-refractivity contribution is 0.608. The molecule has 1 saturated carbocycles. The first-order valence-electron chi connectivity index (χ1n) is 3.67. The lowest BCUT2D eigenvalue weighted by Gasteiger charge is -1.96. The van der Waals surface area contributed by atoms with Crippen LogP contribution in [0, 0.1) is 11.3 Å². The van der Waals surface area contributed by atoms with Gasteiger partial charge in [-0.2, -0.15) is 0 Å². The van der Waals surface area contributed by atoms with Crippen LogP contribution >= 0.6 is 0 Å². The topological polar surface area (TPSA) is 0 Å². The average Bonchev–Trinajstić information content (AvgIpc) is 2.10. The summed E-state index contributed by atoms with van der Waals surface area (Å²) >= 11 is 0. The van der Waals surface area contributed by atoms with E-state index in [1.54, 1.807) is 0 Å². The van der Waals surface area contributed by atoms with Crippen molar-refractivity contribution in [1.29, 1.82) is 0 Å². The van der Waals surface area contributed by atoms with Crippen LogP contribution in [0.15, 0.2) is 11.6 Å². The smallest absolute Gasteiger partial charge is 0.0174 e. The molecule has 0 aromatic carbocycles. The van der Waals surface area contributed by atoms with Gasteiger partial charge in [-0.05, 0) is 31.6 Å². The highest BCUT2D eigenvalue weighted by Crippen LogP contribution is 2.52. The highest BCUT2D eigenvalue weighted by molar-refractivity contribution is 5.11. The molecule has 0 N–H and O–H groups in total. The fourth-order valence-electron chi connectivity index (χ4n) is 1.19. The summed E-state index contributed by atoms with van der Waals surface area (Å²) in [7, 11) is 0. The van der Waals surface area contributed by atoms with E-state index in [2.05, 4.69) is 33.8 Å². The van der Waals surface area contributed by atoms with Crippen LogP contribution in [0.5, 0.6) is 0 Å². The second-order valence-corrected chi connectivity index (χ2v) is 4.04. The number of hydrogen-bond acceptors (Lipinski definition) is 0. The maximum absolute atomic E-state index is 2.39. The Kier molecular flexibility index (Phi) is 1.42. The van der Waals surface area contributed by atoms with E-state index in [9.17, 15) is 0 Å².